The van der Waals surface area contributed by atoms with Crippen LogP contribution in [0.5, 0.6) is 5.75 Å². The fourth-order valence-electron chi connectivity index (χ4n) is 4.49. The average Bonchev–Trinajstić information content (AvgIpc) is 3.43. The molecule has 0 saturated heterocycles. The lowest BCUT2D eigenvalue weighted by Gasteiger charge is -2.17. The van der Waals surface area contributed by atoms with E-state index in [2.05, 4.69) is 46.4 Å². The van der Waals surface area contributed by atoms with Gasteiger partial charge in [0, 0.05) is 29.4 Å². The summed E-state index contributed by atoms with van der Waals surface area (Å²) in [5, 5.41) is 17.2. The minimum Gasteiger partial charge on any atom is -0.489 e. The lowest BCUT2D eigenvalue weighted by Crippen LogP contribution is -1.98. The number of ether oxygens (including phenoxy) is 1. The van der Waals surface area contributed by atoms with Gasteiger partial charge in [-0.25, -0.2) is 4.79 Å². The Labute approximate surface area is 221 Å². The van der Waals surface area contributed by atoms with Crippen LogP contribution in [0.4, 0.5) is 0 Å². The number of nitrogens with zero attached hydrogens (tertiary/aromatic N) is 2. The van der Waals surface area contributed by atoms with Gasteiger partial charge in [-0.2, -0.15) is 5.10 Å². The molecule has 2 aromatic heterocycles. The highest BCUT2D eigenvalue weighted by Crippen LogP contribution is 2.36. The standard InChI is InChI=1S/C32H27N3O3/c1-2-29(25-6-3-7-28(18-25)38-21-23-5-4-16-33-19-23)32(26-13-14-30-27(17-26)20-34-35-30)24-11-8-22(9-12-24)10-15-31(36)37/h3-20H,2,21H2,1H3,(H,34,35)(H,36,37). The van der Waals surface area contributed by atoms with Gasteiger partial charge in [0.05, 0.1) is 11.7 Å². The van der Waals surface area contributed by atoms with Gasteiger partial charge in [-0.3, -0.25) is 10.1 Å². The van der Waals surface area contributed by atoms with Crippen molar-refractivity contribution in [2.45, 2.75) is 20.0 Å². The zero-order chi connectivity index (χ0) is 26.3. The van der Waals surface area contributed by atoms with Gasteiger partial charge in [-0.1, -0.05) is 55.5 Å². The number of aromatic amines is 1. The van der Waals surface area contributed by atoms with Crippen molar-refractivity contribution in [1.29, 1.82) is 0 Å². The van der Waals surface area contributed by atoms with Crippen molar-refractivity contribution in [3.63, 3.8) is 0 Å². The Kier molecular flexibility index (Phi) is 7.41. The van der Waals surface area contributed by atoms with Crippen molar-refractivity contribution in [2.24, 2.45) is 0 Å². The molecule has 2 N–H and O–H groups in total. The topological polar surface area (TPSA) is 88.1 Å². The minimum atomic E-state index is -0.970. The van der Waals surface area contributed by atoms with Crippen LogP contribution < -0.4 is 4.74 Å². The smallest absolute Gasteiger partial charge is 0.328 e. The van der Waals surface area contributed by atoms with E-state index in [-0.39, 0.29) is 0 Å². The first-order valence-electron chi connectivity index (χ1n) is 12.4. The van der Waals surface area contributed by atoms with Crippen molar-refractivity contribution in [2.75, 3.05) is 0 Å². The molecule has 0 saturated carbocycles. The fourth-order valence-corrected chi connectivity index (χ4v) is 4.49. The molecule has 0 atom stereocenters. The Morgan fingerprint density at radius 3 is 2.55 bits per heavy atom. The lowest BCUT2D eigenvalue weighted by molar-refractivity contribution is -0.131. The SMILES string of the molecule is CCC(=C(c1ccc(C=CC(=O)O)cc1)c1ccc2[nH]ncc2c1)c1cccc(OCc2cccnc2)c1. The summed E-state index contributed by atoms with van der Waals surface area (Å²) in [4.78, 5) is 15.1. The van der Waals surface area contributed by atoms with E-state index in [1.54, 1.807) is 18.5 Å². The number of fused-ring (bicyclic) bond motifs is 1. The highest BCUT2D eigenvalue weighted by atomic mass is 16.5. The predicted molar refractivity (Wildman–Crippen MR) is 150 cm³/mol. The highest BCUT2D eigenvalue weighted by molar-refractivity contribution is 6.00. The Bertz CT molecular complexity index is 1620. The third kappa shape index (κ3) is 5.71. The first kappa shape index (κ1) is 24.7. The monoisotopic (exact) mass is 501 g/mol. The largest absolute Gasteiger partial charge is 0.489 e. The first-order valence-corrected chi connectivity index (χ1v) is 12.4. The summed E-state index contributed by atoms with van der Waals surface area (Å²) in [6.45, 7) is 2.59. The van der Waals surface area contributed by atoms with Crippen LogP contribution in [0.3, 0.4) is 0 Å². The van der Waals surface area contributed by atoms with Crippen LogP contribution in [-0.2, 0) is 11.4 Å². The van der Waals surface area contributed by atoms with Crippen molar-refractivity contribution in [3.05, 3.63) is 131 Å². The predicted octanol–water partition coefficient (Wildman–Crippen LogP) is 7.00. The molecule has 0 aliphatic heterocycles. The average molecular weight is 502 g/mol. The van der Waals surface area contributed by atoms with E-state index in [9.17, 15) is 4.79 Å². The van der Waals surface area contributed by atoms with Crippen LogP contribution in [0.2, 0.25) is 0 Å². The van der Waals surface area contributed by atoms with E-state index >= 15 is 0 Å². The highest BCUT2D eigenvalue weighted by Gasteiger charge is 2.15. The summed E-state index contributed by atoms with van der Waals surface area (Å²) in [6, 6.07) is 26.3. The third-order valence-corrected chi connectivity index (χ3v) is 6.31. The number of aromatic nitrogens is 3. The summed E-state index contributed by atoms with van der Waals surface area (Å²) < 4.78 is 6.10. The molecule has 188 valence electrons. The molecular weight excluding hydrogens is 474 g/mol. The molecule has 0 fully saturated rings. The zero-order valence-corrected chi connectivity index (χ0v) is 21.0. The number of allylic oxidation sites excluding steroid dienone is 1. The van der Waals surface area contributed by atoms with Crippen LogP contribution in [0.15, 0.2) is 104 Å². The number of carboxylic acids is 1. The maximum absolute atomic E-state index is 10.9. The molecule has 0 spiro atoms. The van der Waals surface area contributed by atoms with Gasteiger partial charge < -0.3 is 9.84 Å². The van der Waals surface area contributed by atoms with E-state index < -0.39 is 5.97 Å². The Hall–Kier alpha value is -4.97. The molecule has 2 heterocycles. The number of carbonyl (C=O) groups is 1. The van der Waals surface area contributed by atoms with Gasteiger partial charge in [0.25, 0.3) is 0 Å². The summed E-state index contributed by atoms with van der Waals surface area (Å²) in [5.74, 6) is -0.182. The van der Waals surface area contributed by atoms with Crippen LogP contribution in [0.1, 0.15) is 41.2 Å². The molecular formula is C32H27N3O3. The molecule has 0 aliphatic carbocycles. The summed E-state index contributed by atoms with van der Waals surface area (Å²) in [7, 11) is 0. The molecule has 0 radical (unpaired) electrons. The second kappa shape index (κ2) is 11.4. The number of nitrogens with one attached hydrogen (secondary N) is 1. The molecule has 6 heteroatoms. The molecule has 5 rings (SSSR count). The summed E-state index contributed by atoms with van der Waals surface area (Å²) in [5.41, 5.74) is 8.28. The molecule has 0 unspecified atom stereocenters. The Morgan fingerprint density at radius 1 is 0.947 bits per heavy atom. The number of carboxylic acid groups (broad SMARTS) is 1. The van der Waals surface area contributed by atoms with Crippen LogP contribution in [0.25, 0.3) is 28.1 Å². The van der Waals surface area contributed by atoms with E-state index in [0.717, 1.165) is 62.5 Å². The Balaban J connectivity index is 1.58. The number of hydrogen-bond donors (Lipinski definition) is 2. The number of aliphatic carboxylic acids is 1. The van der Waals surface area contributed by atoms with Gasteiger partial charge in [0.1, 0.15) is 12.4 Å². The molecule has 0 aliphatic rings. The van der Waals surface area contributed by atoms with Crippen molar-refractivity contribution in [1.82, 2.24) is 15.2 Å². The molecule has 3 aromatic carbocycles. The van der Waals surface area contributed by atoms with Gasteiger partial charge in [-0.05, 0) is 76.2 Å². The van der Waals surface area contributed by atoms with Crippen molar-refractivity contribution < 1.29 is 14.6 Å². The van der Waals surface area contributed by atoms with Crippen molar-refractivity contribution >= 4 is 34.1 Å². The van der Waals surface area contributed by atoms with Crippen LogP contribution in [0, 0.1) is 0 Å². The fraction of sp³-hybridized carbons (Fsp3) is 0.0938. The van der Waals surface area contributed by atoms with E-state index in [1.807, 2.05) is 60.8 Å². The van der Waals surface area contributed by atoms with Crippen molar-refractivity contribution in [3.8, 4) is 5.75 Å². The number of hydrogen-bond acceptors (Lipinski definition) is 4. The first-order chi connectivity index (χ1) is 18.6. The van der Waals surface area contributed by atoms with Gasteiger partial charge in [0.15, 0.2) is 0 Å². The molecule has 6 nitrogen and oxygen atoms in total. The minimum absolute atomic E-state index is 0.442. The van der Waals surface area contributed by atoms with Crippen LogP contribution >= 0.6 is 0 Å². The zero-order valence-electron chi connectivity index (χ0n) is 21.0. The Morgan fingerprint density at radius 2 is 1.79 bits per heavy atom. The third-order valence-electron chi connectivity index (χ3n) is 6.31. The lowest BCUT2D eigenvalue weighted by atomic mass is 9.87. The number of rotatable bonds is 9. The van der Waals surface area contributed by atoms with Gasteiger partial charge in [-0.15, -0.1) is 0 Å². The number of benzene rings is 3. The number of pyridine rings is 1. The maximum atomic E-state index is 10.9. The second-order valence-corrected chi connectivity index (χ2v) is 8.85. The van der Waals surface area contributed by atoms with Gasteiger partial charge in [0.2, 0.25) is 0 Å². The summed E-state index contributed by atoms with van der Waals surface area (Å²) >= 11 is 0. The van der Waals surface area contributed by atoms with Gasteiger partial charge >= 0.3 is 5.97 Å². The molecule has 38 heavy (non-hydrogen) atoms. The second-order valence-electron chi connectivity index (χ2n) is 8.85. The normalized spacial score (nSPS) is 12.0. The molecule has 5 aromatic rings. The quantitative estimate of drug-likeness (QED) is 0.168. The summed E-state index contributed by atoms with van der Waals surface area (Å²) in [6.07, 6.45) is 8.92. The molecule has 0 amide bonds. The molecule has 0 bridgehead atoms. The van der Waals surface area contributed by atoms with E-state index in [0.29, 0.717) is 6.61 Å². The number of H-pyrrole nitrogens is 1. The van der Waals surface area contributed by atoms with Crippen LogP contribution in [-0.4, -0.2) is 26.3 Å². The van der Waals surface area contributed by atoms with E-state index in [1.165, 1.54) is 5.57 Å². The van der Waals surface area contributed by atoms with E-state index in [4.69, 9.17) is 9.84 Å². The maximum Gasteiger partial charge on any atom is 0.328 e.